The smallest absolute Gasteiger partial charge is 0.225 e. The van der Waals surface area contributed by atoms with Crippen molar-refractivity contribution in [2.45, 2.75) is 33.6 Å². The molecule has 4 rings (SSSR count). The van der Waals surface area contributed by atoms with Crippen LogP contribution in [0.2, 0.25) is 0 Å². The van der Waals surface area contributed by atoms with Crippen molar-refractivity contribution < 1.29 is 4.52 Å². The molecule has 1 unspecified atom stereocenters. The molecule has 1 saturated heterocycles. The zero-order valence-corrected chi connectivity index (χ0v) is 15.4. The Morgan fingerprint density at radius 2 is 2.00 bits per heavy atom. The van der Waals surface area contributed by atoms with Crippen LogP contribution in [0.5, 0.6) is 0 Å². The lowest BCUT2D eigenvalue weighted by Gasteiger charge is -2.31. The van der Waals surface area contributed by atoms with Gasteiger partial charge in [0.05, 0.1) is 17.0 Å². The number of piperidine rings is 1. The molecular weight excluding hydrogens is 326 g/mol. The van der Waals surface area contributed by atoms with E-state index in [1.54, 1.807) is 12.4 Å². The molecular formula is C20H23N5O. The van der Waals surface area contributed by atoms with Gasteiger partial charge in [0.15, 0.2) is 0 Å². The van der Waals surface area contributed by atoms with E-state index in [1.165, 1.54) is 12.8 Å². The Morgan fingerprint density at radius 1 is 1.19 bits per heavy atom. The number of anilines is 1. The van der Waals surface area contributed by atoms with Crippen LogP contribution in [0.3, 0.4) is 0 Å². The first kappa shape index (κ1) is 16.7. The highest BCUT2D eigenvalue weighted by Gasteiger charge is 2.23. The zero-order valence-electron chi connectivity index (χ0n) is 15.4. The minimum atomic E-state index is 0.662. The summed E-state index contributed by atoms with van der Waals surface area (Å²) in [5, 5.41) is 4.12. The van der Waals surface area contributed by atoms with E-state index in [1.807, 2.05) is 32.2 Å². The first-order valence-electron chi connectivity index (χ1n) is 9.09. The third-order valence-electron chi connectivity index (χ3n) is 4.98. The topological polar surface area (TPSA) is 67.9 Å². The van der Waals surface area contributed by atoms with Crippen LogP contribution in [0, 0.1) is 19.8 Å². The summed E-state index contributed by atoms with van der Waals surface area (Å²) in [6, 6.07) is 3.95. The molecule has 0 aliphatic carbocycles. The molecule has 6 heteroatoms. The quantitative estimate of drug-likeness (QED) is 0.711. The van der Waals surface area contributed by atoms with Gasteiger partial charge in [-0.1, -0.05) is 12.1 Å². The SMILES string of the molecule is Cc1noc(C)c1-c1nc(N2CCCC(C)C2)ncc1-c1ccncc1. The molecule has 0 saturated carbocycles. The van der Waals surface area contributed by atoms with E-state index in [-0.39, 0.29) is 0 Å². The number of rotatable bonds is 3. The van der Waals surface area contributed by atoms with E-state index in [4.69, 9.17) is 9.51 Å². The molecule has 26 heavy (non-hydrogen) atoms. The summed E-state index contributed by atoms with van der Waals surface area (Å²) >= 11 is 0. The summed E-state index contributed by atoms with van der Waals surface area (Å²) in [5.74, 6) is 2.22. The van der Waals surface area contributed by atoms with Crippen LogP contribution in [-0.2, 0) is 0 Å². The van der Waals surface area contributed by atoms with Crippen molar-refractivity contribution in [2.75, 3.05) is 18.0 Å². The van der Waals surface area contributed by atoms with Crippen molar-refractivity contribution >= 4 is 5.95 Å². The van der Waals surface area contributed by atoms with Crippen LogP contribution in [-0.4, -0.2) is 33.2 Å². The van der Waals surface area contributed by atoms with E-state index >= 15 is 0 Å². The summed E-state index contributed by atoms with van der Waals surface area (Å²) in [4.78, 5) is 16.1. The Kier molecular flexibility index (Phi) is 4.41. The maximum Gasteiger partial charge on any atom is 0.225 e. The van der Waals surface area contributed by atoms with Gasteiger partial charge in [-0.3, -0.25) is 4.98 Å². The third-order valence-corrected chi connectivity index (χ3v) is 4.98. The van der Waals surface area contributed by atoms with Gasteiger partial charge in [0.25, 0.3) is 0 Å². The minimum Gasteiger partial charge on any atom is -0.361 e. The fourth-order valence-corrected chi connectivity index (χ4v) is 3.65. The normalized spacial score (nSPS) is 17.5. The lowest BCUT2D eigenvalue weighted by molar-refractivity contribution is 0.393. The van der Waals surface area contributed by atoms with E-state index in [0.717, 1.165) is 52.9 Å². The number of pyridine rings is 1. The molecule has 1 aliphatic rings. The van der Waals surface area contributed by atoms with Gasteiger partial charge in [0.1, 0.15) is 5.76 Å². The molecule has 1 fully saturated rings. The van der Waals surface area contributed by atoms with Crippen LogP contribution in [0.1, 0.15) is 31.2 Å². The number of aryl methyl sites for hydroxylation is 2. The van der Waals surface area contributed by atoms with Crippen molar-refractivity contribution in [3.63, 3.8) is 0 Å². The average molecular weight is 349 g/mol. The lowest BCUT2D eigenvalue weighted by atomic mass is 10.00. The van der Waals surface area contributed by atoms with Crippen molar-refractivity contribution in [2.24, 2.45) is 5.92 Å². The van der Waals surface area contributed by atoms with Gasteiger partial charge >= 0.3 is 0 Å². The Labute approximate surface area is 153 Å². The van der Waals surface area contributed by atoms with Gasteiger partial charge in [-0.15, -0.1) is 0 Å². The Bertz CT molecular complexity index is 886. The Morgan fingerprint density at radius 3 is 2.69 bits per heavy atom. The summed E-state index contributed by atoms with van der Waals surface area (Å²) in [6.07, 6.45) is 7.93. The molecule has 0 spiro atoms. The maximum absolute atomic E-state index is 5.41. The fourth-order valence-electron chi connectivity index (χ4n) is 3.65. The molecule has 4 heterocycles. The first-order chi connectivity index (χ1) is 12.6. The summed E-state index contributed by atoms with van der Waals surface area (Å²) in [6.45, 7) is 8.16. The van der Waals surface area contributed by atoms with E-state index in [9.17, 15) is 0 Å². The van der Waals surface area contributed by atoms with Crippen LogP contribution >= 0.6 is 0 Å². The maximum atomic E-state index is 5.41. The van der Waals surface area contributed by atoms with Crippen molar-refractivity contribution in [3.05, 3.63) is 42.2 Å². The lowest BCUT2D eigenvalue weighted by Crippen LogP contribution is -2.35. The predicted molar refractivity (Wildman–Crippen MR) is 101 cm³/mol. The molecule has 0 aromatic carbocycles. The van der Waals surface area contributed by atoms with Gasteiger partial charge in [-0.05, 0) is 50.3 Å². The highest BCUT2D eigenvalue weighted by molar-refractivity contribution is 5.82. The first-order valence-corrected chi connectivity index (χ1v) is 9.09. The van der Waals surface area contributed by atoms with Gasteiger partial charge in [-0.25, -0.2) is 9.97 Å². The summed E-state index contributed by atoms with van der Waals surface area (Å²) < 4.78 is 5.41. The van der Waals surface area contributed by atoms with Crippen molar-refractivity contribution in [1.29, 1.82) is 0 Å². The van der Waals surface area contributed by atoms with Gasteiger partial charge in [0.2, 0.25) is 5.95 Å². The molecule has 6 nitrogen and oxygen atoms in total. The molecule has 134 valence electrons. The summed E-state index contributed by atoms with van der Waals surface area (Å²) in [7, 11) is 0. The second-order valence-corrected chi connectivity index (χ2v) is 7.06. The van der Waals surface area contributed by atoms with E-state index in [2.05, 4.69) is 26.9 Å². The average Bonchev–Trinajstić information content (AvgIpc) is 3.00. The second-order valence-electron chi connectivity index (χ2n) is 7.06. The Balaban J connectivity index is 1.85. The molecule has 3 aromatic heterocycles. The number of hydrogen-bond donors (Lipinski definition) is 0. The zero-order chi connectivity index (χ0) is 18.1. The van der Waals surface area contributed by atoms with Gasteiger partial charge < -0.3 is 9.42 Å². The Hall–Kier alpha value is -2.76. The van der Waals surface area contributed by atoms with Gasteiger partial charge in [-0.2, -0.15) is 0 Å². The molecule has 0 amide bonds. The highest BCUT2D eigenvalue weighted by atomic mass is 16.5. The van der Waals surface area contributed by atoms with E-state index < -0.39 is 0 Å². The van der Waals surface area contributed by atoms with Crippen LogP contribution in [0.4, 0.5) is 5.95 Å². The second kappa shape index (κ2) is 6.86. The number of aromatic nitrogens is 4. The van der Waals surface area contributed by atoms with Crippen LogP contribution < -0.4 is 4.90 Å². The van der Waals surface area contributed by atoms with Crippen molar-refractivity contribution in [1.82, 2.24) is 20.1 Å². The monoisotopic (exact) mass is 349 g/mol. The molecule has 0 bridgehead atoms. The van der Waals surface area contributed by atoms with Gasteiger partial charge in [0, 0.05) is 37.2 Å². The largest absolute Gasteiger partial charge is 0.361 e. The molecule has 0 radical (unpaired) electrons. The predicted octanol–water partition coefficient (Wildman–Crippen LogP) is 4.05. The van der Waals surface area contributed by atoms with Crippen LogP contribution in [0.15, 0.2) is 35.2 Å². The number of nitrogens with zero attached hydrogens (tertiary/aromatic N) is 5. The summed E-state index contributed by atoms with van der Waals surface area (Å²) in [5.41, 5.74) is 4.67. The molecule has 3 aromatic rings. The number of hydrogen-bond acceptors (Lipinski definition) is 6. The molecule has 1 atom stereocenters. The molecule has 1 aliphatic heterocycles. The fraction of sp³-hybridized carbons (Fsp3) is 0.400. The molecule has 0 N–H and O–H groups in total. The van der Waals surface area contributed by atoms with Crippen molar-refractivity contribution in [3.8, 4) is 22.4 Å². The van der Waals surface area contributed by atoms with E-state index in [0.29, 0.717) is 5.92 Å². The third kappa shape index (κ3) is 3.07. The highest BCUT2D eigenvalue weighted by Crippen LogP contribution is 2.35. The minimum absolute atomic E-state index is 0.662. The standard InChI is InChI=1S/C20H23N5O/c1-13-5-4-10-25(12-13)20-22-11-17(16-6-8-21-9-7-16)19(23-20)18-14(2)24-26-15(18)3/h6-9,11,13H,4-5,10,12H2,1-3H3. The van der Waals surface area contributed by atoms with Crippen LogP contribution in [0.25, 0.3) is 22.4 Å².